The second kappa shape index (κ2) is 5.41. The summed E-state index contributed by atoms with van der Waals surface area (Å²) in [4.78, 5) is 6.52. The normalized spacial score (nSPS) is 11.7. The molecule has 0 aromatic carbocycles. The van der Waals surface area contributed by atoms with Crippen LogP contribution in [-0.4, -0.2) is 23.8 Å². The smallest absolute Gasteiger partial charge is 0.218 e. The molecule has 80 valence electrons. The van der Waals surface area contributed by atoms with Crippen LogP contribution in [-0.2, 0) is 0 Å². The summed E-state index contributed by atoms with van der Waals surface area (Å²) in [5, 5.41) is 12.7. The Morgan fingerprint density at radius 3 is 3.00 bits per heavy atom. The molecule has 0 spiro atoms. The summed E-state index contributed by atoms with van der Waals surface area (Å²) < 4.78 is 4.97. The van der Waals surface area contributed by atoms with Crippen molar-refractivity contribution in [1.82, 2.24) is 4.98 Å². The first kappa shape index (κ1) is 11.6. The van der Waals surface area contributed by atoms with E-state index in [0.29, 0.717) is 5.56 Å². The molecule has 7 heteroatoms. The average molecular weight is 229 g/mol. The maximum absolute atomic E-state index is 9.02. The molecular weight excluding hydrogens is 220 g/mol. The number of methoxy groups -OCH3 is 1. The van der Waals surface area contributed by atoms with Crippen LogP contribution in [0.2, 0.25) is 5.15 Å². The number of halogens is 1. The SMILES string of the molecule is COc1nc(Cl)ccc1C(CO)N=[N+]=[N-]. The van der Waals surface area contributed by atoms with Crippen LogP contribution in [0.3, 0.4) is 0 Å². The summed E-state index contributed by atoms with van der Waals surface area (Å²) in [5.41, 5.74) is 8.81. The van der Waals surface area contributed by atoms with Gasteiger partial charge in [-0.25, -0.2) is 4.98 Å². The Kier molecular flexibility index (Phi) is 4.17. The molecule has 0 radical (unpaired) electrons. The van der Waals surface area contributed by atoms with Gasteiger partial charge in [-0.3, -0.25) is 0 Å². The number of aliphatic hydroxyl groups is 1. The molecule has 1 aromatic rings. The molecular formula is C8H9ClN4O2. The Labute approximate surface area is 91.1 Å². The minimum absolute atomic E-state index is 0.244. The first-order chi connectivity index (χ1) is 7.22. The molecule has 0 bridgehead atoms. The van der Waals surface area contributed by atoms with Crippen molar-refractivity contribution in [2.45, 2.75) is 6.04 Å². The molecule has 0 saturated carbocycles. The third-order valence-electron chi connectivity index (χ3n) is 1.77. The third-order valence-corrected chi connectivity index (χ3v) is 1.98. The van der Waals surface area contributed by atoms with Crippen molar-refractivity contribution in [3.05, 3.63) is 33.3 Å². The van der Waals surface area contributed by atoms with Crippen LogP contribution >= 0.6 is 11.6 Å². The molecule has 0 aliphatic heterocycles. The van der Waals surface area contributed by atoms with E-state index < -0.39 is 6.04 Å². The van der Waals surface area contributed by atoms with E-state index >= 15 is 0 Å². The predicted molar refractivity (Wildman–Crippen MR) is 54.8 cm³/mol. The molecule has 1 heterocycles. The van der Waals surface area contributed by atoms with Gasteiger partial charge in [0.2, 0.25) is 5.88 Å². The second-order valence-corrected chi connectivity index (χ2v) is 3.02. The minimum atomic E-state index is -0.713. The lowest BCUT2D eigenvalue weighted by molar-refractivity contribution is 0.263. The number of nitrogens with zero attached hydrogens (tertiary/aromatic N) is 4. The van der Waals surface area contributed by atoms with Crippen LogP contribution in [0.25, 0.3) is 10.4 Å². The number of hydrogen-bond acceptors (Lipinski definition) is 4. The predicted octanol–water partition coefficient (Wildman–Crippen LogP) is 2.09. The topological polar surface area (TPSA) is 91.1 Å². The van der Waals surface area contributed by atoms with E-state index in [1.54, 1.807) is 6.07 Å². The van der Waals surface area contributed by atoms with E-state index in [9.17, 15) is 0 Å². The summed E-state index contributed by atoms with van der Waals surface area (Å²) in [6.45, 7) is -0.316. The van der Waals surface area contributed by atoms with Crippen molar-refractivity contribution in [2.24, 2.45) is 5.11 Å². The molecule has 1 aromatic heterocycles. The fourth-order valence-electron chi connectivity index (χ4n) is 1.11. The number of rotatable bonds is 4. The molecule has 15 heavy (non-hydrogen) atoms. The first-order valence-corrected chi connectivity index (χ1v) is 4.46. The summed E-state index contributed by atoms with van der Waals surface area (Å²) in [6.07, 6.45) is 0. The van der Waals surface area contributed by atoms with Gasteiger partial charge in [0, 0.05) is 10.5 Å². The van der Waals surface area contributed by atoms with Gasteiger partial charge in [-0.15, -0.1) is 0 Å². The Morgan fingerprint density at radius 1 is 1.73 bits per heavy atom. The lowest BCUT2D eigenvalue weighted by Crippen LogP contribution is -2.04. The van der Waals surface area contributed by atoms with E-state index in [-0.39, 0.29) is 17.6 Å². The highest BCUT2D eigenvalue weighted by molar-refractivity contribution is 6.29. The zero-order chi connectivity index (χ0) is 11.3. The lowest BCUT2D eigenvalue weighted by atomic mass is 10.1. The van der Waals surface area contributed by atoms with Crippen LogP contribution < -0.4 is 4.74 Å². The molecule has 0 saturated heterocycles. The quantitative estimate of drug-likeness (QED) is 0.370. The molecule has 0 aliphatic carbocycles. The van der Waals surface area contributed by atoms with Gasteiger partial charge < -0.3 is 9.84 Å². The molecule has 0 amide bonds. The number of aromatic nitrogens is 1. The summed E-state index contributed by atoms with van der Waals surface area (Å²) in [6, 6.07) is 2.42. The van der Waals surface area contributed by atoms with Gasteiger partial charge in [0.15, 0.2) is 0 Å². The van der Waals surface area contributed by atoms with E-state index in [2.05, 4.69) is 15.0 Å². The molecule has 0 aliphatic rings. The minimum Gasteiger partial charge on any atom is -0.481 e. The van der Waals surface area contributed by atoms with Crippen LogP contribution in [0.5, 0.6) is 5.88 Å². The lowest BCUT2D eigenvalue weighted by Gasteiger charge is -2.11. The molecule has 1 atom stereocenters. The van der Waals surface area contributed by atoms with Crippen molar-refractivity contribution in [1.29, 1.82) is 0 Å². The molecule has 6 nitrogen and oxygen atoms in total. The van der Waals surface area contributed by atoms with Gasteiger partial charge >= 0.3 is 0 Å². The zero-order valence-corrected chi connectivity index (χ0v) is 8.72. The van der Waals surface area contributed by atoms with Crippen LogP contribution in [0.15, 0.2) is 17.2 Å². The van der Waals surface area contributed by atoms with E-state index in [1.807, 2.05) is 0 Å². The maximum Gasteiger partial charge on any atom is 0.218 e. The zero-order valence-electron chi connectivity index (χ0n) is 7.96. The number of aliphatic hydroxyl groups excluding tert-OH is 1. The van der Waals surface area contributed by atoms with Crippen molar-refractivity contribution in [3.63, 3.8) is 0 Å². The van der Waals surface area contributed by atoms with Gasteiger partial charge in [0.05, 0.1) is 19.8 Å². The highest BCUT2D eigenvalue weighted by Gasteiger charge is 2.15. The summed E-state index contributed by atoms with van der Waals surface area (Å²) >= 11 is 5.66. The largest absolute Gasteiger partial charge is 0.481 e. The molecule has 0 fully saturated rings. The fourth-order valence-corrected chi connectivity index (χ4v) is 1.24. The third kappa shape index (κ3) is 2.73. The highest BCUT2D eigenvalue weighted by Crippen LogP contribution is 2.27. The van der Waals surface area contributed by atoms with E-state index in [1.165, 1.54) is 13.2 Å². The number of ether oxygens (including phenoxy) is 1. The second-order valence-electron chi connectivity index (χ2n) is 2.64. The van der Waals surface area contributed by atoms with Crippen molar-refractivity contribution in [3.8, 4) is 5.88 Å². The van der Waals surface area contributed by atoms with Gasteiger partial charge in [-0.05, 0) is 11.6 Å². The van der Waals surface area contributed by atoms with Crippen molar-refractivity contribution in [2.75, 3.05) is 13.7 Å². The van der Waals surface area contributed by atoms with Gasteiger partial charge in [-0.2, -0.15) is 0 Å². The van der Waals surface area contributed by atoms with Gasteiger partial charge in [-0.1, -0.05) is 22.8 Å². The van der Waals surface area contributed by atoms with Gasteiger partial charge in [0.25, 0.3) is 0 Å². The number of azide groups is 1. The van der Waals surface area contributed by atoms with E-state index in [0.717, 1.165) is 0 Å². The van der Waals surface area contributed by atoms with Crippen LogP contribution in [0.1, 0.15) is 11.6 Å². The number of pyridine rings is 1. The van der Waals surface area contributed by atoms with Crippen LogP contribution in [0, 0.1) is 0 Å². The van der Waals surface area contributed by atoms with E-state index in [4.69, 9.17) is 27.0 Å². The van der Waals surface area contributed by atoms with Crippen molar-refractivity contribution < 1.29 is 9.84 Å². The maximum atomic E-state index is 9.02. The average Bonchev–Trinajstić information content (AvgIpc) is 2.26. The fraction of sp³-hybridized carbons (Fsp3) is 0.375. The Hall–Kier alpha value is -1.49. The summed E-state index contributed by atoms with van der Waals surface area (Å²) in [5.74, 6) is 0.244. The molecule has 1 unspecified atom stereocenters. The highest BCUT2D eigenvalue weighted by atomic mass is 35.5. The monoisotopic (exact) mass is 228 g/mol. The molecule has 1 rings (SSSR count). The van der Waals surface area contributed by atoms with Gasteiger partial charge in [0.1, 0.15) is 5.15 Å². The van der Waals surface area contributed by atoms with Crippen molar-refractivity contribution >= 4 is 11.6 Å². The molecule has 1 N–H and O–H groups in total. The summed E-state index contributed by atoms with van der Waals surface area (Å²) in [7, 11) is 1.42. The van der Waals surface area contributed by atoms with Crippen LogP contribution in [0.4, 0.5) is 0 Å². The Morgan fingerprint density at radius 2 is 2.47 bits per heavy atom. The Bertz CT molecular complexity index is 392. The number of hydrogen-bond donors (Lipinski definition) is 1. The Balaban J connectivity index is 3.16. The standard InChI is InChI=1S/C8H9ClN4O2/c1-15-8-5(2-3-7(9)11-8)6(4-14)12-13-10/h2-3,6,14H,4H2,1H3. The first-order valence-electron chi connectivity index (χ1n) is 4.08.